The maximum Gasteiger partial charge on any atom is 0.0195 e. The lowest BCUT2D eigenvalue weighted by atomic mass is 9.77. The molecule has 0 aromatic heterocycles. The molecule has 2 nitrogen and oxygen atoms in total. The van der Waals surface area contributed by atoms with E-state index >= 15 is 0 Å². The molecule has 0 aromatic carbocycles. The summed E-state index contributed by atoms with van der Waals surface area (Å²) in [6.45, 7) is 12.1. The van der Waals surface area contributed by atoms with E-state index in [1.165, 1.54) is 64.6 Å². The number of nitrogens with zero attached hydrogens (tertiary/aromatic N) is 1. The molecule has 1 saturated heterocycles. The predicted molar refractivity (Wildman–Crippen MR) is 83.5 cm³/mol. The highest BCUT2D eigenvalue weighted by atomic mass is 15.2. The van der Waals surface area contributed by atoms with E-state index in [1.807, 2.05) is 0 Å². The molecule has 1 aliphatic heterocycles. The Morgan fingerprint density at radius 2 is 1.95 bits per heavy atom. The largest absolute Gasteiger partial charge is 0.313 e. The first-order chi connectivity index (χ1) is 9.13. The quantitative estimate of drug-likeness (QED) is 0.789. The molecule has 0 amide bonds. The van der Waals surface area contributed by atoms with Crippen LogP contribution in [0, 0.1) is 11.3 Å². The fourth-order valence-corrected chi connectivity index (χ4v) is 4.55. The highest BCUT2D eigenvalue weighted by Gasteiger charge is 2.36. The van der Waals surface area contributed by atoms with Gasteiger partial charge in [0.05, 0.1) is 0 Å². The number of likely N-dealkylation sites (N-methyl/N-ethyl adjacent to an activating group) is 1. The van der Waals surface area contributed by atoms with Crippen LogP contribution in [0.5, 0.6) is 0 Å². The number of hydrogen-bond donors (Lipinski definition) is 1. The van der Waals surface area contributed by atoms with Crippen LogP contribution in [-0.4, -0.2) is 37.1 Å². The Morgan fingerprint density at radius 3 is 2.58 bits per heavy atom. The Kier molecular flexibility index (Phi) is 5.70. The van der Waals surface area contributed by atoms with Gasteiger partial charge in [0.2, 0.25) is 0 Å². The van der Waals surface area contributed by atoms with Crippen LogP contribution in [0.4, 0.5) is 0 Å². The van der Waals surface area contributed by atoms with Crippen molar-refractivity contribution in [3.8, 4) is 0 Å². The summed E-state index contributed by atoms with van der Waals surface area (Å²) in [7, 11) is 0. The lowest BCUT2D eigenvalue weighted by Gasteiger charge is -2.40. The van der Waals surface area contributed by atoms with E-state index in [2.05, 4.69) is 31.0 Å². The van der Waals surface area contributed by atoms with Gasteiger partial charge in [-0.15, -0.1) is 0 Å². The molecule has 2 aliphatic rings. The van der Waals surface area contributed by atoms with Crippen LogP contribution in [0.25, 0.3) is 0 Å². The average Bonchev–Trinajstić information content (AvgIpc) is 2.77. The Morgan fingerprint density at radius 1 is 1.21 bits per heavy atom. The second-order valence-corrected chi connectivity index (χ2v) is 7.44. The fourth-order valence-electron chi connectivity index (χ4n) is 4.55. The summed E-state index contributed by atoms with van der Waals surface area (Å²) in [5.74, 6) is 0.854. The van der Waals surface area contributed by atoms with Crippen molar-refractivity contribution in [3.05, 3.63) is 0 Å². The van der Waals surface area contributed by atoms with E-state index < -0.39 is 0 Å². The van der Waals surface area contributed by atoms with Gasteiger partial charge in [-0.3, -0.25) is 0 Å². The SMILES string of the molecule is CCNC1CCCN(CC2(CC(C)C)CCCC2)C1. The third-order valence-electron chi connectivity index (χ3n) is 5.06. The Balaban J connectivity index is 1.89. The standard InChI is InChI=1S/C17H34N2/c1-4-18-16-8-7-11-19(13-16)14-17(12-15(2)3)9-5-6-10-17/h15-16,18H,4-14H2,1-3H3. The highest BCUT2D eigenvalue weighted by molar-refractivity contribution is 4.90. The number of hydrogen-bond acceptors (Lipinski definition) is 2. The Hall–Kier alpha value is -0.0800. The van der Waals surface area contributed by atoms with Crippen LogP contribution in [0.1, 0.15) is 65.7 Å². The molecule has 1 heterocycles. The van der Waals surface area contributed by atoms with Crippen LogP contribution < -0.4 is 5.32 Å². The third kappa shape index (κ3) is 4.46. The van der Waals surface area contributed by atoms with Crippen molar-refractivity contribution in [2.24, 2.45) is 11.3 Å². The molecule has 2 fully saturated rings. The first-order valence-corrected chi connectivity index (χ1v) is 8.59. The zero-order chi connectivity index (χ0) is 13.7. The lowest BCUT2D eigenvalue weighted by Crippen LogP contribution is -2.49. The van der Waals surface area contributed by atoms with Crippen molar-refractivity contribution >= 4 is 0 Å². The first kappa shape index (κ1) is 15.3. The number of likely N-dealkylation sites (tertiary alicyclic amines) is 1. The Bertz CT molecular complexity index is 254. The van der Waals surface area contributed by atoms with Gasteiger partial charge in [0.25, 0.3) is 0 Å². The lowest BCUT2D eigenvalue weighted by molar-refractivity contribution is 0.0987. The molecular weight excluding hydrogens is 232 g/mol. The highest BCUT2D eigenvalue weighted by Crippen LogP contribution is 2.44. The van der Waals surface area contributed by atoms with Gasteiger partial charge in [0.1, 0.15) is 0 Å². The predicted octanol–water partition coefficient (Wildman–Crippen LogP) is 3.67. The molecule has 19 heavy (non-hydrogen) atoms. The normalized spacial score (nSPS) is 28.1. The smallest absolute Gasteiger partial charge is 0.0195 e. The molecule has 2 rings (SSSR count). The summed E-state index contributed by atoms with van der Waals surface area (Å²) in [5.41, 5.74) is 0.655. The van der Waals surface area contributed by atoms with Gasteiger partial charge in [-0.25, -0.2) is 0 Å². The minimum Gasteiger partial charge on any atom is -0.313 e. The maximum absolute atomic E-state index is 3.65. The van der Waals surface area contributed by atoms with Crippen molar-refractivity contribution in [3.63, 3.8) is 0 Å². The van der Waals surface area contributed by atoms with Crippen molar-refractivity contribution in [1.82, 2.24) is 10.2 Å². The van der Waals surface area contributed by atoms with Crippen molar-refractivity contribution in [2.75, 3.05) is 26.2 Å². The van der Waals surface area contributed by atoms with Crippen molar-refractivity contribution < 1.29 is 0 Å². The van der Waals surface area contributed by atoms with Crippen LogP contribution in [0.15, 0.2) is 0 Å². The van der Waals surface area contributed by atoms with Gasteiger partial charge in [-0.1, -0.05) is 33.6 Å². The first-order valence-electron chi connectivity index (χ1n) is 8.59. The topological polar surface area (TPSA) is 15.3 Å². The monoisotopic (exact) mass is 266 g/mol. The number of nitrogens with one attached hydrogen (secondary N) is 1. The molecule has 1 aliphatic carbocycles. The maximum atomic E-state index is 3.65. The summed E-state index contributed by atoms with van der Waals surface area (Å²) in [6, 6.07) is 0.747. The molecule has 112 valence electrons. The van der Waals surface area contributed by atoms with Gasteiger partial charge in [-0.05, 0) is 56.5 Å². The van der Waals surface area contributed by atoms with Crippen LogP contribution >= 0.6 is 0 Å². The molecule has 0 bridgehead atoms. The number of piperidine rings is 1. The Labute approximate surface area is 120 Å². The molecular formula is C17H34N2. The molecule has 0 radical (unpaired) electrons. The average molecular weight is 266 g/mol. The van der Waals surface area contributed by atoms with Crippen LogP contribution in [0.2, 0.25) is 0 Å². The molecule has 1 saturated carbocycles. The zero-order valence-corrected chi connectivity index (χ0v) is 13.4. The molecule has 0 spiro atoms. The summed E-state index contributed by atoms with van der Waals surface area (Å²) in [6.07, 6.45) is 10.1. The van der Waals surface area contributed by atoms with E-state index in [-0.39, 0.29) is 0 Å². The van der Waals surface area contributed by atoms with Gasteiger partial charge in [0.15, 0.2) is 0 Å². The molecule has 0 aromatic rings. The molecule has 1 unspecified atom stereocenters. The van der Waals surface area contributed by atoms with E-state index in [0.29, 0.717) is 5.41 Å². The summed E-state index contributed by atoms with van der Waals surface area (Å²) < 4.78 is 0. The van der Waals surface area contributed by atoms with Gasteiger partial charge < -0.3 is 10.2 Å². The van der Waals surface area contributed by atoms with Crippen molar-refractivity contribution in [1.29, 1.82) is 0 Å². The van der Waals surface area contributed by atoms with E-state index in [0.717, 1.165) is 18.5 Å². The molecule has 1 N–H and O–H groups in total. The number of rotatable bonds is 6. The van der Waals surface area contributed by atoms with Crippen LogP contribution in [0.3, 0.4) is 0 Å². The third-order valence-corrected chi connectivity index (χ3v) is 5.06. The second-order valence-electron chi connectivity index (χ2n) is 7.44. The summed E-state index contributed by atoms with van der Waals surface area (Å²) in [4.78, 5) is 2.77. The van der Waals surface area contributed by atoms with E-state index in [4.69, 9.17) is 0 Å². The van der Waals surface area contributed by atoms with Gasteiger partial charge >= 0.3 is 0 Å². The van der Waals surface area contributed by atoms with Crippen molar-refractivity contribution in [2.45, 2.75) is 71.8 Å². The molecule has 1 atom stereocenters. The zero-order valence-electron chi connectivity index (χ0n) is 13.4. The van der Waals surface area contributed by atoms with Gasteiger partial charge in [0, 0.05) is 19.1 Å². The summed E-state index contributed by atoms with van der Waals surface area (Å²) in [5, 5.41) is 3.65. The minimum absolute atomic E-state index is 0.655. The minimum atomic E-state index is 0.655. The van der Waals surface area contributed by atoms with E-state index in [1.54, 1.807) is 0 Å². The summed E-state index contributed by atoms with van der Waals surface area (Å²) >= 11 is 0. The molecule has 2 heteroatoms. The van der Waals surface area contributed by atoms with E-state index in [9.17, 15) is 0 Å². The van der Waals surface area contributed by atoms with Gasteiger partial charge in [-0.2, -0.15) is 0 Å². The fraction of sp³-hybridized carbons (Fsp3) is 1.00. The second kappa shape index (κ2) is 7.08. The van der Waals surface area contributed by atoms with Crippen LogP contribution in [-0.2, 0) is 0 Å².